The number of benzene rings is 7. The van der Waals surface area contributed by atoms with Crippen LogP contribution in [0.5, 0.6) is 69.0 Å². The fourth-order valence-corrected chi connectivity index (χ4v) is 9.37. The molecule has 586 valence electrons. The van der Waals surface area contributed by atoms with Gasteiger partial charge in [-0.2, -0.15) is 0 Å². The van der Waals surface area contributed by atoms with Gasteiger partial charge < -0.3 is 56.8 Å². The lowest BCUT2D eigenvalue weighted by Crippen LogP contribution is -2.14. The zero-order valence-electron chi connectivity index (χ0n) is 64.2. The van der Waals surface area contributed by atoms with Gasteiger partial charge in [-0.1, -0.05) is 265 Å². The highest BCUT2D eigenvalue weighted by Crippen LogP contribution is 2.41. The molecule has 0 atom stereocenters. The van der Waals surface area contributed by atoms with E-state index in [1.165, 1.54) is 33.4 Å². The highest BCUT2D eigenvalue weighted by atomic mass is 16.5. The van der Waals surface area contributed by atoms with Crippen molar-refractivity contribution in [2.45, 2.75) is 243 Å². The van der Waals surface area contributed by atoms with E-state index >= 15 is 0 Å². The predicted octanol–water partition coefficient (Wildman–Crippen LogP) is 26.1. The lowest BCUT2D eigenvalue weighted by atomic mass is 9.85. The fraction of sp³-hybridized carbons (Fsp3) is 0.533. The normalized spacial score (nSPS) is 10.4. The molecule has 102 heavy (non-hydrogen) atoms. The van der Waals surface area contributed by atoms with Crippen molar-refractivity contribution in [2.24, 2.45) is 0 Å². The smallest absolute Gasteiger partial charge is 0.164 e. The van der Waals surface area contributed by atoms with Crippen molar-refractivity contribution in [3.63, 3.8) is 0 Å². The Kier molecular flexibility index (Phi) is 53.6. The molecule has 0 radical (unpaired) electrons. The molecule has 0 unspecified atom stereocenters. The molecule has 0 saturated carbocycles. The van der Waals surface area contributed by atoms with E-state index < -0.39 is 0 Å². The van der Waals surface area contributed by atoms with Gasteiger partial charge in [0.15, 0.2) is 23.0 Å². The van der Waals surface area contributed by atoms with Crippen LogP contribution >= 0.6 is 0 Å². The van der Waals surface area contributed by atoms with Gasteiger partial charge in [0, 0.05) is 28.8 Å². The largest absolute Gasteiger partial charge is 0.497 e. The molecular weight excluding hydrogens is 1270 g/mol. The van der Waals surface area contributed by atoms with Gasteiger partial charge in [0.05, 0.1) is 85.3 Å². The molecule has 0 fully saturated rings. The van der Waals surface area contributed by atoms with Crippen LogP contribution in [-0.4, -0.2) is 85.3 Å². The van der Waals surface area contributed by atoms with Crippen molar-refractivity contribution in [2.75, 3.05) is 85.3 Å². The molecule has 7 aromatic rings. The minimum atomic E-state index is 0. The van der Waals surface area contributed by atoms with Gasteiger partial charge >= 0.3 is 0 Å². The molecule has 0 N–H and O–H groups in total. The Morgan fingerprint density at radius 1 is 0.186 bits per heavy atom. The quantitative estimate of drug-likeness (QED) is 0.116. The molecule has 7 aromatic carbocycles. The standard InChI is InChI=1S/6C12H18O2.C10H14.8CH4/c1-12(2,3)9-6-10(13-4)8-11(7-9)14-5;1-12(2,3)10-8-9(13-4)6-7-11(10)14-5;1-12(2,3)10-7-6-9(13-4)8-11(10)14-5;1-12(2,3)9-6-7-10(13-4)11(8-9)14-5;1-12(2,3)11-9(13-4)7-6-8-10(11)14-5;1-12(2,3)9-7-6-8-10(13-4)11(9)14-5;1-10(2,3)9-7-5-4-6-8-9;;;;;;;;/h6*6-8H,1-5H3;4-8H,1-3H3;8*1H4. The average Bonchev–Trinajstić information content (AvgIpc) is 0.836. The number of ether oxygens (including phenoxy) is 12. The van der Waals surface area contributed by atoms with E-state index in [0.717, 1.165) is 74.6 Å². The van der Waals surface area contributed by atoms with Crippen molar-refractivity contribution >= 4 is 0 Å². The van der Waals surface area contributed by atoms with Crippen molar-refractivity contribution in [1.82, 2.24) is 0 Å². The van der Waals surface area contributed by atoms with Crippen LogP contribution in [0.15, 0.2) is 140 Å². The Morgan fingerprint density at radius 2 is 0.549 bits per heavy atom. The number of hydrogen-bond donors (Lipinski definition) is 0. The van der Waals surface area contributed by atoms with Crippen LogP contribution in [0.25, 0.3) is 0 Å². The van der Waals surface area contributed by atoms with Crippen molar-refractivity contribution in [3.8, 4) is 69.0 Å². The molecule has 0 spiro atoms. The second kappa shape index (κ2) is 49.7. The number of methoxy groups -OCH3 is 12. The third kappa shape index (κ3) is 36.3. The van der Waals surface area contributed by atoms with Crippen molar-refractivity contribution in [1.29, 1.82) is 0 Å². The third-order valence-corrected chi connectivity index (χ3v) is 14.9. The number of rotatable bonds is 12. The first-order valence-corrected chi connectivity index (χ1v) is 31.9. The van der Waals surface area contributed by atoms with Crippen LogP contribution in [-0.2, 0) is 37.9 Å². The molecule has 0 aliphatic heterocycles. The van der Waals surface area contributed by atoms with E-state index in [9.17, 15) is 0 Å². The summed E-state index contributed by atoms with van der Waals surface area (Å²) in [4.78, 5) is 0. The topological polar surface area (TPSA) is 111 Å². The molecule has 0 aliphatic carbocycles. The highest BCUT2D eigenvalue weighted by molar-refractivity contribution is 5.51. The van der Waals surface area contributed by atoms with Crippen LogP contribution in [0.4, 0.5) is 0 Å². The first-order chi connectivity index (χ1) is 43.5. The van der Waals surface area contributed by atoms with E-state index in [1.54, 1.807) is 85.3 Å². The summed E-state index contributed by atoms with van der Waals surface area (Å²) in [5.41, 5.74) is 9.31. The van der Waals surface area contributed by atoms with Gasteiger partial charge in [-0.15, -0.1) is 0 Å². The average molecular weight is 1430 g/mol. The molecule has 12 heteroatoms. The van der Waals surface area contributed by atoms with Gasteiger partial charge in [0.25, 0.3) is 0 Å². The van der Waals surface area contributed by atoms with E-state index in [-0.39, 0.29) is 91.9 Å². The summed E-state index contributed by atoms with van der Waals surface area (Å²) < 4.78 is 63.1. The van der Waals surface area contributed by atoms with Crippen LogP contribution in [0, 0.1) is 0 Å². The van der Waals surface area contributed by atoms with Crippen molar-refractivity contribution < 1.29 is 56.8 Å². The molecule has 0 amide bonds. The van der Waals surface area contributed by atoms with Crippen LogP contribution in [0.2, 0.25) is 0 Å². The van der Waals surface area contributed by atoms with Gasteiger partial charge in [0.2, 0.25) is 0 Å². The van der Waals surface area contributed by atoms with Gasteiger partial charge in [0.1, 0.15) is 46.0 Å². The fourth-order valence-electron chi connectivity index (χ4n) is 9.37. The zero-order valence-corrected chi connectivity index (χ0v) is 64.2. The molecule has 0 saturated heterocycles. The summed E-state index contributed by atoms with van der Waals surface area (Å²) in [7, 11) is 20.0. The van der Waals surface area contributed by atoms with Crippen LogP contribution < -0.4 is 56.8 Å². The van der Waals surface area contributed by atoms with Crippen LogP contribution in [0.1, 0.15) is 244 Å². The predicted molar refractivity (Wildman–Crippen MR) is 448 cm³/mol. The first kappa shape index (κ1) is 110. The maximum Gasteiger partial charge on any atom is 0.164 e. The number of para-hydroxylation sites is 1. The number of hydrogen-bond acceptors (Lipinski definition) is 12. The summed E-state index contributed by atoms with van der Waals surface area (Å²) in [6.07, 6.45) is 0. The molecular formula is C90H154O12. The van der Waals surface area contributed by atoms with E-state index in [4.69, 9.17) is 56.8 Å². The third-order valence-electron chi connectivity index (χ3n) is 14.9. The highest BCUT2D eigenvalue weighted by Gasteiger charge is 2.25. The van der Waals surface area contributed by atoms with Gasteiger partial charge in [-0.25, -0.2) is 0 Å². The lowest BCUT2D eigenvalue weighted by molar-refractivity contribution is 0.345. The Hall–Kier alpha value is -7.86. The Morgan fingerprint density at radius 3 is 0.892 bits per heavy atom. The second-order valence-corrected chi connectivity index (χ2v) is 29.5. The molecule has 0 bridgehead atoms. The molecule has 0 heterocycles. The van der Waals surface area contributed by atoms with E-state index in [2.05, 4.69) is 194 Å². The first-order valence-electron chi connectivity index (χ1n) is 31.9. The zero-order chi connectivity index (χ0) is 72.2. The minimum absolute atomic E-state index is 0. The molecule has 12 nitrogen and oxygen atoms in total. The van der Waals surface area contributed by atoms with Gasteiger partial charge in [-0.05, 0) is 127 Å². The molecule has 0 aliphatic rings. The van der Waals surface area contributed by atoms with Crippen LogP contribution in [0.3, 0.4) is 0 Å². The summed E-state index contributed by atoms with van der Waals surface area (Å²) in [5, 5.41) is 0. The monoisotopic (exact) mass is 1430 g/mol. The lowest BCUT2D eigenvalue weighted by Gasteiger charge is -2.24. The summed E-state index contributed by atoms with van der Waals surface area (Å²) >= 11 is 0. The van der Waals surface area contributed by atoms with Crippen molar-refractivity contribution in [3.05, 3.63) is 178 Å². The molecule has 0 aromatic heterocycles. The van der Waals surface area contributed by atoms with E-state index in [0.29, 0.717) is 5.41 Å². The summed E-state index contributed by atoms with van der Waals surface area (Å²) in [6, 6.07) is 46.2. The second-order valence-electron chi connectivity index (χ2n) is 29.5. The molecule has 7 rings (SSSR count). The van der Waals surface area contributed by atoms with Gasteiger partial charge in [-0.3, -0.25) is 0 Å². The maximum absolute atomic E-state index is 5.37. The summed E-state index contributed by atoms with van der Waals surface area (Å²) in [6.45, 7) is 45.6. The minimum Gasteiger partial charge on any atom is -0.497 e. The Bertz CT molecular complexity index is 3240. The Labute approximate surface area is 629 Å². The SMILES string of the molecule is C.C.C.C.C.C.C.C.CC(C)(C)c1ccccc1.COc1cc(OC)cc(C(C)(C)C)c1.COc1ccc(C(C)(C)C)c(OC)c1.COc1ccc(C(C)(C)C)cc1OC.COc1ccc(OC)c(C(C)(C)C)c1.COc1cccc(C(C)(C)C)c1OC.COc1cccc(OC)c1C(C)(C)C. The maximum atomic E-state index is 5.37. The Balaban J connectivity index is -0.000000167. The van der Waals surface area contributed by atoms with E-state index in [1.807, 2.05) is 91.0 Å². The summed E-state index contributed by atoms with van der Waals surface area (Å²) in [5.74, 6) is 10.2.